The predicted octanol–water partition coefficient (Wildman–Crippen LogP) is 2.72. The number of fused-ring (bicyclic) bond motifs is 1. The molecule has 0 saturated carbocycles. The molecule has 0 radical (unpaired) electrons. The maximum atomic E-state index is 13.3. The Hall–Kier alpha value is -2.38. The van der Waals surface area contributed by atoms with Crippen molar-refractivity contribution in [1.29, 1.82) is 0 Å². The van der Waals surface area contributed by atoms with Gasteiger partial charge in [0.05, 0.1) is 17.4 Å². The molecule has 6 nitrogen and oxygen atoms in total. The molecule has 2 aromatic carbocycles. The van der Waals surface area contributed by atoms with Crippen LogP contribution in [0.2, 0.25) is 0 Å². The number of hydrogen-bond donors (Lipinski definition) is 2. The van der Waals surface area contributed by atoms with Crippen molar-refractivity contribution in [2.45, 2.75) is 25.4 Å². The molecule has 0 bridgehead atoms. The SMILES string of the molecule is Nc1ccccc1Cn1c(N2CCC[C@@H](N)C2)nc2ccc(Br)cc2c1=O. The number of nitrogens with two attached hydrogens (primary N) is 2. The Morgan fingerprint density at radius 2 is 2.04 bits per heavy atom. The highest BCUT2D eigenvalue weighted by atomic mass is 79.9. The monoisotopic (exact) mass is 427 g/mol. The molecule has 27 heavy (non-hydrogen) atoms. The summed E-state index contributed by atoms with van der Waals surface area (Å²) in [5.74, 6) is 0.660. The van der Waals surface area contributed by atoms with Crippen LogP contribution in [0.15, 0.2) is 51.7 Å². The van der Waals surface area contributed by atoms with Gasteiger partial charge in [-0.25, -0.2) is 4.98 Å². The van der Waals surface area contributed by atoms with E-state index in [-0.39, 0.29) is 11.6 Å². The molecule has 0 aliphatic carbocycles. The summed E-state index contributed by atoms with van der Waals surface area (Å²) in [7, 11) is 0. The smallest absolute Gasteiger partial charge is 0.263 e. The minimum atomic E-state index is -0.0707. The summed E-state index contributed by atoms with van der Waals surface area (Å²) in [4.78, 5) is 20.3. The lowest BCUT2D eigenvalue weighted by molar-refractivity contribution is 0.492. The fraction of sp³-hybridized carbons (Fsp3) is 0.300. The number of para-hydroxylation sites is 1. The zero-order valence-electron chi connectivity index (χ0n) is 14.9. The Morgan fingerprint density at radius 1 is 1.22 bits per heavy atom. The van der Waals surface area contributed by atoms with Gasteiger partial charge in [0.15, 0.2) is 0 Å². The first-order valence-electron chi connectivity index (χ1n) is 9.07. The van der Waals surface area contributed by atoms with Gasteiger partial charge in [-0.3, -0.25) is 9.36 Å². The van der Waals surface area contributed by atoms with E-state index in [0.717, 1.165) is 29.4 Å². The number of halogens is 1. The summed E-state index contributed by atoms with van der Waals surface area (Å²) in [6.45, 7) is 1.91. The van der Waals surface area contributed by atoms with Gasteiger partial charge >= 0.3 is 0 Å². The molecule has 3 aromatic rings. The molecular weight excluding hydrogens is 406 g/mol. The summed E-state index contributed by atoms with van der Waals surface area (Å²) >= 11 is 3.45. The first kappa shape index (κ1) is 18.0. The minimum absolute atomic E-state index is 0.0707. The number of hydrogen-bond acceptors (Lipinski definition) is 5. The standard InChI is InChI=1S/C20H22BrN5O/c21-14-7-8-18-16(10-14)19(27)26(11-13-4-1-2-6-17(13)23)20(24-18)25-9-3-5-15(22)12-25/h1-2,4,6-8,10,15H,3,5,9,11-12,22-23H2/t15-/m1/s1. The van der Waals surface area contributed by atoms with Crippen LogP contribution >= 0.6 is 15.9 Å². The van der Waals surface area contributed by atoms with Crippen molar-refractivity contribution in [2.75, 3.05) is 23.7 Å². The van der Waals surface area contributed by atoms with Crippen molar-refractivity contribution in [3.8, 4) is 0 Å². The van der Waals surface area contributed by atoms with Crippen LogP contribution in [-0.2, 0) is 6.54 Å². The van der Waals surface area contributed by atoms with E-state index in [0.29, 0.717) is 35.6 Å². The molecule has 4 rings (SSSR count). The van der Waals surface area contributed by atoms with E-state index in [1.807, 2.05) is 42.5 Å². The number of aromatic nitrogens is 2. The molecule has 1 saturated heterocycles. The summed E-state index contributed by atoms with van der Waals surface area (Å²) in [5.41, 5.74) is 14.5. The largest absolute Gasteiger partial charge is 0.398 e. The second-order valence-corrected chi connectivity index (χ2v) is 7.93. The molecule has 1 fully saturated rings. The molecular formula is C20H22BrN5O. The molecule has 7 heteroatoms. The topological polar surface area (TPSA) is 90.2 Å². The highest BCUT2D eigenvalue weighted by molar-refractivity contribution is 9.10. The van der Waals surface area contributed by atoms with Gasteiger partial charge in [-0.2, -0.15) is 0 Å². The van der Waals surface area contributed by atoms with E-state index in [9.17, 15) is 4.79 Å². The van der Waals surface area contributed by atoms with Crippen molar-refractivity contribution in [1.82, 2.24) is 9.55 Å². The third-order valence-electron chi connectivity index (χ3n) is 5.02. The predicted molar refractivity (Wildman–Crippen MR) is 113 cm³/mol. The van der Waals surface area contributed by atoms with E-state index in [1.54, 1.807) is 4.57 Å². The van der Waals surface area contributed by atoms with Gasteiger partial charge in [-0.1, -0.05) is 34.1 Å². The molecule has 1 aliphatic heterocycles. The lowest BCUT2D eigenvalue weighted by Gasteiger charge is -2.33. The van der Waals surface area contributed by atoms with Gasteiger partial charge in [0.1, 0.15) is 0 Å². The maximum Gasteiger partial charge on any atom is 0.263 e. The number of anilines is 2. The van der Waals surface area contributed by atoms with Crippen molar-refractivity contribution in [2.24, 2.45) is 5.73 Å². The minimum Gasteiger partial charge on any atom is -0.398 e. The fourth-order valence-electron chi connectivity index (χ4n) is 3.61. The Morgan fingerprint density at radius 3 is 2.81 bits per heavy atom. The molecule has 1 aliphatic rings. The van der Waals surface area contributed by atoms with E-state index in [4.69, 9.17) is 16.5 Å². The summed E-state index contributed by atoms with van der Waals surface area (Å²) < 4.78 is 2.57. The molecule has 140 valence electrons. The van der Waals surface area contributed by atoms with Crippen LogP contribution in [0.1, 0.15) is 18.4 Å². The van der Waals surface area contributed by atoms with Crippen molar-refractivity contribution in [3.63, 3.8) is 0 Å². The van der Waals surface area contributed by atoms with Crippen LogP contribution in [0.25, 0.3) is 10.9 Å². The third-order valence-corrected chi connectivity index (χ3v) is 5.51. The van der Waals surface area contributed by atoms with Crippen LogP contribution in [-0.4, -0.2) is 28.7 Å². The first-order chi connectivity index (χ1) is 13.0. The molecule has 1 atom stereocenters. The maximum absolute atomic E-state index is 13.3. The summed E-state index contributed by atoms with van der Waals surface area (Å²) in [6.07, 6.45) is 1.98. The molecule has 0 amide bonds. The van der Waals surface area contributed by atoms with Crippen LogP contribution in [0.5, 0.6) is 0 Å². The van der Waals surface area contributed by atoms with Gasteiger partial charge in [0.2, 0.25) is 5.95 Å². The van der Waals surface area contributed by atoms with Crippen molar-refractivity contribution < 1.29 is 0 Å². The number of rotatable bonds is 3. The zero-order chi connectivity index (χ0) is 19.0. The van der Waals surface area contributed by atoms with Gasteiger partial charge in [-0.05, 0) is 42.7 Å². The number of benzene rings is 2. The normalized spacial score (nSPS) is 17.4. The van der Waals surface area contributed by atoms with Gasteiger partial charge in [0, 0.05) is 29.3 Å². The lowest BCUT2D eigenvalue weighted by atomic mass is 10.1. The Kier molecular flexibility index (Phi) is 4.88. The third kappa shape index (κ3) is 3.57. The van der Waals surface area contributed by atoms with Crippen LogP contribution in [0, 0.1) is 0 Å². The van der Waals surface area contributed by atoms with E-state index in [1.165, 1.54) is 0 Å². The molecule has 0 unspecified atom stereocenters. The second kappa shape index (κ2) is 7.32. The zero-order valence-corrected chi connectivity index (χ0v) is 16.5. The second-order valence-electron chi connectivity index (χ2n) is 7.01. The highest BCUT2D eigenvalue weighted by Crippen LogP contribution is 2.23. The Labute approximate surface area is 165 Å². The first-order valence-corrected chi connectivity index (χ1v) is 9.86. The van der Waals surface area contributed by atoms with Crippen molar-refractivity contribution in [3.05, 3.63) is 62.9 Å². The van der Waals surface area contributed by atoms with E-state index in [2.05, 4.69) is 20.8 Å². The van der Waals surface area contributed by atoms with Gasteiger partial charge in [-0.15, -0.1) is 0 Å². The van der Waals surface area contributed by atoms with E-state index >= 15 is 0 Å². The average Bonchev–Trinajstić information content (AvgIpc) is 2.66. The number of nitrogens with zero attached hydrogens (tertiary/aromatic N) is 3. The molecule has 1 aromatic heterocycles. The Balaban J connectivity index is 1.90. The molecule has 4 N–H and O–H groups in total. The van der Waals surface area contributed by atoms with Gasteiger partial charge < -0.3 is 16.4 Å². The number of nitrogen functional groups attached to an aromatic ring is 1. The highest BCUT2D eigenvalue weighted by Gasteiger charge is 2.23. The molecule has 0 spiro atoms. The van der Waals surface area contributed by atoms with Crippen LogP contribution in [0.4, 0.5) is 11.6 Å². The van der Waals surface area contributed by atoms with Crippen molar-refractivity contribution >= 4 is 38.5 Å². The van der Waals surface area contributed by atoms with Crippen LogP contribution < -0.4 is 21.9 Å². The fourth-order valence-corrected chi connectivity index (χ4v) is 3.97. The lowest BCUT2D eigenvalue weighted by Crippen LogP contribution is -2.45. The van der Waals surface area contributed by atoms with Crippen LogP contribution in [0.3, 0.4) is 0 Å². The number of piperidine rings is 1. The van der Waals surface area contributed by atoms with E-state index < -0.39 is 0 Å². The molecule has 2 heterocycles. The summed E-state index contributed by atoms with van der Waals surface area (Å²) in [5, 5.41) is 0.587. The quantitative estimate of drug-likeness (QED) is 0.627. The Bertz CT molecular complexity index is 1050. The summed E-state index contributed by atoms with van der Waals surface area (Å²) in [6, 6.07) is 13.3. The average molecular weight is 428 g/mol. The van der Waals surface area contributed by atoms with Gasteiger partial charge in [0.25, 0.3) is 5.56 Å².